The van der Waals surface area contributed by atoms with Crippen LogP contribution >= 0.6 is 0 Å². The molecule has 0 N–H and O–H groups in total. The van der Waals surface area contributed by atoms with E-state index in [-0.39, 0.29) is 11.3 Å². The van der Waals surface area contributed by atoms with E-state index in [0.717, 1.165) is 6.07 Å². The van der Waals surface area contributed by atoms with Gasteiger partial charge in [0.05, 0.1) is 11.6 Å². The summed E-state index contributed by atoms with van der Waals surface area (Å²) in [6.07, 6.45) is 0. The van der Waals surface area contributed by atoms with Gasteiger partial charge in [-0.15, -0.1) is 0 Å². The summed E-state index contributed by atoms with van der Waals surface area (Å²) in [7, 11) is 0. The summed E-state index contributed by atoms with van der Waals surface area (Å²) in [6.45, 7) is 0. The van der Waals surface area contributed by atoms with E-state index in [1.165, 1.54) is 12.1 Å². The summed E-state index contributed by atoms with van der Waals surface area (Å²) in [5.74, 6) is -0.678. The van der Waals surface area contributed by atoms with Crippen LogP contribution in [0.4, 0.5) is 10.1 Å². The Kier molecular flexibility index (Phi) is 1.80. The predicted molar refractivity (Wildman–Crippen MR) is 35.9 cm³/mol. The molecule has 3 nitrogen and oxygen atoms in total. The highest BCUT2D eigenvalue weighted by atomic mass is 19.1. The van der Waals surface area contributed by atoms with Crippen LogP contribution in [0.2, 0.25) is 0 Å². The second kappa shape index (κ2) is 2.76. The largest absolute Gasteiger partial charge is 0.388 e. The maximum absolute atomic E-state index is 12.6. The summed E-state index contributed by atoms with van der Waals surface area (Å²) in [4.78, 5) is 2.76. The SMILES string of the molecule is N#Cc1ccc([N+]#N)cc1F. The topological polar surface area (TPSA) is 51.9 Å². The molecule has 11 heavy (non-hydrogen) atoms. The maximum atomic E-state index is 12.6. The maximum Gasteiger partial charge on any atom is 0.388 e. The molecular formula is C7H3FN3+. The molecule has 1 rings (SSSR count). The zero-order valence-corrected chi connectivity index (χ0v) is 5.45. The number of nitrogens with zero attached hydrogens (tertiary/aromatic N) is 3. The van der Waals surface area contributed by atoms with E-state index in [1.54, 1.807) is 6.07 Å². The number of halogens is 1. The molecule has 0 aliphatic rings. The Morgan fingerprint density at radius 1 is 1.45 bits per heavy atom. The fraction of sp³-hybridized carbons (Fsp3) is 0. The predicted octanol–water partition coefficient (Wildman–Crippen LogP) is 2.18. The van der Waals surface area contributed by atoms with E-state index >= 15 is 0 Å². The molecule has 0 aliphatic carbocycles. The highest BCUT2D eigenvalue weighted by Gasteiger charge is 2.08. The molecule has 0 bridgehead atoms. The standard InChI is InChI=1S/C7H3FN3/c8-7-3-6(11-10)2-1-5(7)4-9/h1-3H/q+1. The van der Waals surface area contributed by atoms with Crippen molar-refractivity contribution in [3.63, 3.8) is 0 Å². The summed E-state index contributed by atoms with van der Waals surface area (Å²) in [5.41, 5.74) is 0.0406. The fourth-order valence-corrected chi connectivity index (χ4v) is 0.657. The smallest absolute Gasteiger partial charge is 0.205 e. The van der Waals surface area contributed by atoms with E-state index in [1.807, 2.05) is 0 Å². The number of diazo groups is 1. The number of hydrogen-bond acceptors (Lipinski definition) is 2. The number of nitriles is 1. The van der Waals surface area contributed by atoms with E-state index in [0.29, 0.717) is 0 Å². The fourth-order valence-electron chi connectivity index (χ4n) is 0.657. The van der Waals surface area contributed by atoms with E-state index in [9.17, 15) is 4.39 Å². The molecule has 1 aromatic carbocycles. The molecule has 0 aliphatic heterocycles. The second-order valence-corrected chi connectivity index (χ2v) is 1.88. The van der Waals surface area contributed by atoms with Crippen LogP contribution in [-0.2, 0) is 0 Å². The van der Waals surface area contributed by atoms with Crippen LogP contribution in [0, 0.1) is 22.5 Å². The molecule has 0 atom stereocenters. The lowest BCUT2D eigenvalue weighted by molar-refractivity contribution is 0.624. The monoisotopic (exact) mass is 148 g/mol. The lowest BCUT2D eigenvalue weighted by Crippen LogP contribution is -1.79. The van der Waals surface area contributed by atoms with Crippen molar-refractivity contribution in [1.29, 1.82) is 10.7 Å². The van der Waals surface area contributed by atoms with Gasteiger partial charge in [0.25, 0.3) is 0 Å². The van der Waals surface area contributed by atoms with Gasteiger partial charge >= 0.3 is 5.69 Å². The molecule has 0 radical (unpaired) electrons. The van der Waals surface area contributed by atoms with Crippen molar-refractivity contribution in [1.82, 2.24) is 0 Å². The molecule has 0 unspecified atom stereocenters. The Labute approximate surface area is 62.3 Å². The third kappa shape index (κ3) is 1.31. The van der Waals surface area contributed by atoms with Gasteiger partial charge in [-0.1, -0.05) is 0 Å². The summed E-state index contributed by atoms with van der Waals surface area (Å²) in [5, 5.41) is 16.5. The van der Waals surface area contributed by atoms with Gasteiger partial charge in [0.15, 0.2) is 4.98 Å². The number of rotatable bonds is 0. The van der Waals surface area contributed by atoms with Gasteiger partial charge in [-0.2, -0.15) is 5.26 Å². The second-order valence-electron chi connectivity index (χ2n) is 1.88. The van der Waals surface area contributed by atoms with Crippen LogP contribution in [0.25, 0.3) is 4.98 Å². The Bertz CT molecular complexity index is 359. The molecule has 4 heteroatoms. The minimum Gasteiger partial charge on any atom is -0.205 e. The summed E-state index contributed by atoms with van der Waals surface area (Å²) in [6, 6.07) is 5.24. The Balaban J connectivity index is 3.25. The first-order valence-electron chi connectivity index (χ1n) is 2.82. The lowest BCUT2D eigenvalue weighted by atomic mass is 10.2. The van der Waals surface area contributed by atoms with Crippen molar-refractivity contribution in [3.05, 3.63) is 34.6 Å². The van der Waals surface area contributed by atoms with Crippen molar-refractivity contribution in [2.24, 2.45) is 0 Å². The van der Waals surface area contributed by atoms with Crippen LogP contribution in [0.15, 0.2) is 18.2 Å². The molecule has 0 spiro atoms. The van der Waals surface area contributed by atoms with Crippen LogP contribution in [0.1, 0.15) is 5.56 Å². The number of benzene rings is 1. The molecule has 0 amide bonds. The lowest BCUT2D eigenvalue weighted by Gasteiger charge is -1.85. The third-order valence-corrected chi connectivity index (χ3v) is 1.19. The molecule has 52 valence electrons. The zero-order valence-electron chi connectivity index (χ0n) is 5.45. The van der Waals surface area contributed by atoms with Crippen LogP contribution < -0.4 is 0 Å². The van der Waals surface area contributed by atoms with Crippen LogP contribution in [0.5, 0.6) is 0 Å². The third-order valence-electron chi connectivity index (χ3n) is 1.19. The molecule has 0 aromatic heterocycles. The first-order valence-corrected chi connectivity index (χ1v) is 2.82. The average molecular weight is 148 g/mol. The van der Waals surface area contributed by atoms with Crippen molar-refractivity contribution in [2.45, 2.75) is 0 Å². The Morgan fingerprint density at radius 2 is 2.18 bits per heavy atom. The van der Waals surface area contributed by atoms with E-state index in [4.69, 9.17) is 10.7 Å². The van der Waals surface area contributed by atoms with Crippen LogP contribution in [0.3, 0.4) is 0 Å². The van der Waals surface area contributed by atoms with Gasteiger partial charge in [0.1, 0.15) is 11.9 Å². The van der Waals surface area contributed by atoms with Crippen molar-refractivity contribution < 1.29 is 4.39 Å². The van der Waals surface area contributed by atoms with Crippen LogP contribution in [-0.4, -0.2) is 0 Å². The summed E-state index contributed by atoms with van der Waals surface area (Å²) < 4.78 is 12.6. The minimum absolute atomic E-state index is 0.0580. The van der Waals surface area contributed by atoms with Gasteiger partial charge in [-0.25, -0.2) is 4.39 Å². The van der Waals surface area contributed by atoms with Gasteiger partial charge in [-0.05, 0) is 6.07 Å². The first kappa shape index (κ1) is 7.17. The molecule has 0 saturated heterocycles. The zero-order chi connectivity index (χ0) is 8.27. The molecule has 0 fully saturated rings. The minimum atomic E-state index is -0.678. The van der Waals surface area contributed by atoms with Crippen molar-refractivity contribution in [2.75, 3.05) is 0 Å². The Morgan fingerprint density at radius 3 is 2.64 bits per heavy atom. The highest BCUT2D eigenvalue weighted by molar-refractivity contribution is 5.48. The molecule has 1 aromatic rings. The van der Waals surface area contributed by atoms with E-state index < -0.39 is 5.82 Å². The van der Waals surface area contributed by atoms with Gasteiger partial charge in [-0.3, -0.25) is 0 Å². The Hall–Kier alpha value is -1.94. The molecule has 0 saturated carbocycles. The van der Waals surface area contributed by atoms with Gasteiger partial charge < -0.3 is 0 Å². The quantitative estimate of drug-likeness (QED) is 0.529. The molecule has 0 heterocycles. The van der Waals surface area contributed by atoms with Crippen molar-refractivity contribution >= 4 is 5.69 Å². The average Bonchev–Trinajstić information content (AvgIpc) is 2.04. The highest BCUT2D eigenvalue weighted by Crippen LogP contribution is 2.15. The van der Waals surface area contributed by atoms with Gasteiger partial charge in [0, 0.05) is 6.07 Å². The summed E-state index contributed by atoms with van der Waals surface area (Å²) >= 11 is 0. The van der Waals surface area contributed by atoms with Crippen molar-refractivity contribution in [3.8, 4) is 6.07 Å². The van der Waals surface area contributed by atoms with Gasteiger partial charge in [0.2, 0.25) is 5.39 Å². The number of hydrogen-bond donors (Lipinski definition) is 0. The first-order chi connectivity index (χ1) is 5.27. The molecular weight excluding hydrogens is 145 g/mol. The van der Waals surface area contributed by atoms with E-state index in [2.05, 4.69) is 4.98 Å². The normalized spacial score (nSPS) is 8.27.